The van der Waals surface area contributed by atoms with Crippen LogP contribution in [0.4, 0.5) is 10.1 Å². The van der Waals surface area contributed by atoms with Gasteiger partial charge in [0.1, 0.15) is 11.4 Å². The van der Waals surface area contributed by atoms with Gasteiger partial charge in [0.05, 0.1) is 17.8 Å². The van der Waals surface area contributed by atoms with E-state index in [1.807, 2.05) is 6.92 Å². The SMILES string of the molecule is CCOC(=O)c1cc(C2CC2)c2c(C)c(-c3ccc(N)c(F)c3)ccn2c1=O. The van der Waals surface area contributed by atoms with Crippen LogP contribution in [-0.4, -0.2) is 17.0 Å². The number of rotatable bonds is 4. The maximum absolute atomic E-state index is 14.0. The average Bonchev–Trinajstić information content (AvgIpc) is 3.50. The zero-order valence-electron chi connectivity index (χ0n) is 15.8. The van der Waals surface area contributed by atoms with E-state index in [1.54, 1.807) is 31.3 Å². The number of aryl methyl sites for hydroxylation is 1. The second-order valence-corrected chi connectivity index (χ2v) is 7.12. The van der Waals surface area contributed by atoms with Gasteiger partial charge >= 0.3 is 5.97 Å². The number of nitrogen functional groups attached to an aromatic ring is 1. The lowest BCUT2D eigenvalue weighted by atomic mass is 9.96. The first-order chi connectivity index (χ1) is 13.4. The van der Waals surface area contributed by atoms with E-state index in [9.17, 15) is 14.0 Å². The van der Waals surface area contributed by atoms with E-state index in [4.69, 9.17) is 10.5 Å². The number of nitrogens with zero attached hydrogens (tertiary/aromatic N) is 1. The molecule has 6 heteroatoms. The van der Waals surface area contributed by atoms with Crippen molar-refractivity contribution < 1.29 is 13.9 Å². The van der Waals surface area contributed by atoms with Crippen molar-refractivity contribution in [1.82, 2.24) is 4.40 Å². The molecule has 2 aromatic heterocycles. The molecule has 4 rings (SSSR count). The number of carbonyl (C=O) groups is 1. The molecule has 1 aliphatic rings. The van der Waals surface area contributed by atoms with Crippen molar-refractivity contribution in [3.05, 3.63) is 69.4 Å². The molecule has 0 atom stereocenters. The van der Waals surface area contributed by atoms with E-state index in [1.165, 1.54) is 16.5 Å². The van der Waals surface area contributed by atoms with Crippen molar-refractivity contribution in [1.29, 1.82) is 0 Å². The standard InChI is InChI=1S/C22H21FN2O3/c1-3-28-22(27)17-11-16(13-4-5-13)20-12(2)15(8-9-25(20)21(17)26)14-6-7-19(24)18(23)10-14/h6-11,13H,3-5,24H2,1-2H3. The summed E-state index contributed by atoms with van der Waals surface area (Å²) in [7, 11) is 0. The third-order valence-electron chi connectivity index (χ3n) is 5.24. The quantitative estimate of drug-likeness (QED) is 0.547. The van der Waals surface area contributed by atoms with Gasteiger partial charge < -0.3 is 10.5 Å². The second-order valence-electron chi connectivity index (χ2n) is 7.12. The summed E-state index contributed by atoms with van der Waals surface area (Å²) in [6.45, 7) is 3.83. The highest BCUT2D eigenvalue weighted by Crippen LogP contribution is 2.43. The Morgan fingerprint density at radius 3 is 2.68 bits per heavy atom. The van der Waals surface area contributed by atoms with Gasteiger partial charge in [0, 0.05) is 6.20 Å². The van der Waals surface area contributed by atoms with E-state index in [-0.39, 0.29) is 17.9 Å². The van der Waals surface area contributed by atoms with Gasteiger partial charge in [-0.25, -0.2) is 9.18 Å². The van der Waals surface area contributed by atoms with Gasteiger partial charge in [-0.1, -0.05) is 6.07 Å². The zero-order valence-corrected chi connectivity index (χ0v) is 15.8. The van der Waals surface area contributed by atoms with Crippen LogP contribution in [0.1, 0.15) is 47.2 Å². The summed E-state index contributed by atoms with van der Waals surface area (Å²) in [6, 6.07) is 8.13. The minimum absolute atomic E-state index is 0.0481. The number of fused-ring (bicyclic) bond motifs is 1. The molecule has 1 saturated carbocycles. The van der Waals surface area contributed by atoms with E-state index < -0.39 is 17.3 Å². The van der Waals surface area contributed by atoms with E-state index in [0.29, 0.717) is 11.5 Å². The topological polar surface area (TPSA) is 73.8 Å². The third-order valence-corrected chi connectivity index (χ3v) is 5.24. The number of carbonyl (C=O) groups excluding carboxylic acids is 1. The minimum Gasteiger partial charge on any atom is -0.462 e. The number of anilines is 1. The van der Waals surface area contributed by atoms with Crippen LogP contribution in [0.2, 0.25) is 0 Å². The lowest BCUT2D eigenvalue weighted by molar-refractivity contribution is 0.0524. The molecule has 0 bridgehead atoms. The van der Waals surface area contributed by atoms with Crippen LogP contribution < -0.4 is 11.3 Å². The van der Waals surface area contributed by atoms with Gasteiger partial charge in [-0.2, -0.15) is 0 Å². The third kappa shape index (κ3) is 2.95. The maximum Gasteiger partial charge on any atom is 0.343 e. The van der Waals surface area contributed by atoms with Crippen molar-refractivity contribution in [2.45, 2.75) is 32.6 Å². The number of nitrogens with two attached hydrogens (primary N) is 1. The number of ether oxygens (including phenoxy) is 1. The van der Waals surface area contributed by atoms with Crippen molar-refractivity contribution in [2.75, 3.05) is 12.3 Å². The molecule has 0 radical (unpaired) electrons. The van der Waals surface area contributed by atoms with Crippen LogP contribution in [0.15, 0.2) is 41.3 Å². The first-order valence-corrected chi connectivity index (χ1v) is 9.33. The molecule has 3 aromatic rings. The molecule has 0 aliphatic heterocycles. The molecule has 5 nitrogen and oxygen atoms in total. The van der Waals surface area contributed by atoms with E-state index >= 15 is 0 Å². The van der Waals surface area contributed by atoms with Crippen LogP contribution in [0, 0.1) is 12.7 Å². The summed E-state index contributed by atoms with van der Waals surface area (Å²) in [5.41, 5.74) is 9.43. The van der Waals surface area contributed by atoms with Gasteiger partial charge in [0.15, 0.2) is 0 Å². The summed E-state index contributed by atoms with van der Waals surface area (Å²) >= 11 is 0. The van der Waals surface area contributed by atoms with Crippen molar-refractivity contribution in [3.63, 3.8) is 0 Å². The van der Waals surface area contributed by atoms with Crippen molar-refractivity contribution in [2.24, 2.45) is 0 Å². The van der Waals surface area contributed by atoms with Gasteiger partial charge in [-0.05, 0) is 79.1 Å². The highest BCUT2D eigenvalue weighted by atomic mass is 19.1. The van der Waals surface area contributed by atoms with Crippen LogP contribution >= 0.6 is 0 Å². The van der Waals surface area contributed by atoms with Crippen LogP contribution in [0.5, 0.6) is 0 Å². The molecule has 2 heterocycles. The van der Waals surface area contributed by atoms with Crippen LogP contribution in [0.3, 0.4) is 0 Å². The fourth-order valence-corrected chi connectivity index (χ4v) is 3.67. The lowest BCUT2D eigenvalue weighted by Gasteiger charge is -2.16. The Hall–Kier alpha value is -3.15. The molecule has 0 saturated heterocycles. The van der Waals surface area contributed by atoms with Gasteiger partial charge in [-0.15, -0.1) is 0 Å². The molecular formula is C22H21FN2O3. The maximum atomic E-state index is 14.0. The van der Waals surface area contributed by atoms with Crippen LogP contribution in [0.25, 0.3) is 16.6 Å². The Labute approximate surface area is 161 Å². The molecule has 0 amide bonds. The lowest BCUT2D eigenvalue weighted by Crippen LogP contribution is -2.25. The molecule has 1 aliphatic carbocycles. The highest BCUT2D eigenvalue weighted by molar-refractivity contribution is 5.91. The predicted octanol–water partition coefficient (Wildman–Crippen LogP) is 4.05. The Morgan fingerprint density at radius 1 is 1.29 bits per heavy atom. The molecule has 1 fully saturated rings. The highest BCUT2D eigenvalue weighted by Gasteiger charge is 2.29. The number of esters is 1. The average molecular weight is 380 g/mol. The molecule has 0 spiro atoms. The molecule has 2 N–H and O–H groups in total. The second kappa shape index (κ2) is 6.78. The number of hydrogen-bond donors (Lipinski definition) is 1. The number of benzene rings is 1. The predicted molar refractivity (Wildman–Crippen MR) is 106 cm³/mol. The fourth-order valence-electron chi connectivity index (χ4n) is 3.67. The van der Waals surface area contributed by atoms with E-state index in [2.05, 4.69) is 0 Å². The summed E-state index contributed by atoms with van der Waals surface area (Å²) in [4.78, 5) is 25.2. The first kappa shape index (κ1) is 18.2. The Balaban J connectivity index is 1.98. The zero-order chi connectivity index (χ0) is 20.0. The number of hydrogen-bond acceptors (Lipinski definition) is 4. The van der Waals surface area contributed by atoms with Crippen molar-refractivity contribution in [3.8, 4) is 11.1 Å². The molecule has 144 valence electrons. The summed E-state index contributed by atoms with van der Waals surface area (Å²) < 4.78 is 20.5. The molecule has 1 aromatic carbocycles. The largest absolute Gasteiger partial charge is 0.462 e. The Bertz CT molecular complexity index is 1160. The summed E-state index contributed by atoms with van der Waals surface area (Å²) in [6.07, 6.45) is 3.66. The number of pyridine rings is 2. The van der Waals surface area contributed by atoms with Crippen LogP contribution in [-0.2, 0) is 4.74 Å². The smallest absolute Gasteiger partial charge is 0.343 e. The minimum atomic E-state index is -0.605. The van der Waals surface area contributed by atoms with E-state index in [0.717, 1.165) is 35.0 Å². The monoisotopic (exact) mass is 380 g/mol. The Morgan fingerprint density at radius 2 is 2.04 bits per heavy atom. The fraction of sp³-hybridized carbons (Fsp3) is 0.273. The summed E-state index contributed by atoms with van der Waals surface area (Å²) in [5, 5.41) is 0. The van der Waals surface area contributed by atoms with Gasteiger partial charge in [0.25, 0.3) is 5.56 Å². The molecule has 0 unspecified atom stereocenters. The summed E-state index contributed by atoms with van der Waals surface area (Å²) in [5.74, 6) is -0.777. The molecular weight excluding hydrogens is 359 g/mol. The molecule has 28 heavy (non-hydrogen) atoms. The number of aromatic nitrogens is 1. The normalized spacial score (nSPS) is 13.7. The number of halogens is 1. The first-order valence-electron chi connectivity index (χ1n) is 9.33. The van der Waals surface area contributed by atoms with Gasteiger partial charge in [-0.3, -0.25) is 9.20 Å². The van der Waals surface area contributed by atoms with Gasteiger partial charge in [0.2, 0.25) is 0 Å². The van der Waals surface area contributed by atoms with Crippen molar-refractivity contribution >= 4 is 17.2 Å². The Kier molecular flexibility index (Phi) is 4.41.